The van der Waals surface area contributed by atoms with Gasteiger partial charge in [-0.2, -0.15) is 0 Å². The number of benzene rings is 1. The first kappa shape index (κ1) is 13.0. The fraction of sp³-hybridized carbons (Fsp3) is 0.364. The number of halogens is 1. The summed E-state index contributed by atoms with van der Waals surface area (Å²) in [7, 11) is 0. The van der Waals surface area contributed by atoms with Crippen LogP contribution in [-0.2, 0) is 11.3 Å². The van der Waals surface area contributed by atoms with Crippen molar-refractivity contribution < 1.29 is 14.6 Å². The van der Waals surface area contributed by atoms with Gasteiger partial charge in [-0.15, -0.1) is 0 Å². The summed E-state index contributed by atoms with van der Waals surface area (Å²) in [5.41, 5.74) is 0.929. The molecule has 0 bridgehead atoms. The van der Waals surface area contributed by atoms with Gasteiger partial charge in [0.1, 0.15) is 6.61 Å². The van der Waals surface area contributed by atoms with Gasteiger partial charge in [-0.1, -0.05) is 46.3 Å². The van der Waals surface area contributed by atoms with E-state index in [9.17, 15) is 9.90 Å². The monoisotopic (exact) mass is 287 g/mol. The van der Waals surface area contributed by atoms with Gasteiger partial charge in [0.2, 0.25) is 0 Å². The zero-order chi connectivity index (χ0) is 11.8. The number of rotatable bonds is 5. The van der Waals surface area contributed by atoms with Crippen molar-refractivity contribution in [2.45, 2.75) is 12.7 Å². The summed E-state index contributed by atoms with van der Waals surface area (Å²) in [6, 6.07) is 9.41. The van der Waals surface area contributed by atoms with Crippen molar-refractivity contribution in [3.8, 4) is 0 Å². The minimum Gasteiger partial charge on any atom is -0.445 e. The van der Waals surface area contributed by atoms with Crippen LogP contribution in [0.5, 0.6) is 0 Å². The van der Waals surface area contributed by atoms with Crippen LogP contribution in [0.4, 0.5) is 4.79 Å². The van der Waals surface area contributed by atoms with Crippen LogP contribution < -0.4 is 5.32 Å². The van der Waals surface area contributed by atoms with Crippen LogP contribution in [0.25, 0.3) is 0 Å². The fourth-order valence-electron chi connectivity index (χ4n) is 1.03. The van der Waals surface area contributed by atoms with Crippen LogP contribution >= 0.6 is 15.9 Å². The lowest BCUT2D eigenvalue weighted by atomic mass is 10.2. The molecule has 5 heteroatoms. The molecule has 4 nitrogen and oxygen atoms in total. The van der Waals surface area contributed by atoms with Gasteiger partial charge >= 0.3 is 6.09 Å². The Kier molecular flexibility index (Phi) is 5.88. The van der Waals surface area contributed by atoms with E-state index >= 15 is 0 Å². The number of alkyl halides is 1. The molecule has 0 unspecified atom stereocenters. The van der Waals surface area contributed by atoms with Crippen molar-refractivity contribution in [3.05, 3.63) is 35.9 Å². The highest BCUT2D eigenvalue weighted by atomic mass is 79.9. The Morgan fingerprint density at radius 1 is 1.44 bits per heavy atom. The normalized spacial score (nSPS) is 11.9. The first-order valence-electron chi connectivity index (χ1n) is 4.91. The van der Waals surface area contributed by atoms with Gasteiger partial charge < -0.3 is 15.2 Å². The van der Waals surface area contributed by atoms with E-state index in [1.54, 1.807) is 0 Å². The van der Waals surface area contributed by atoms with Crippen LogP contribution in [-0.4, -0.2) is 29.2 Å². The van der Waals surface area contributed by atoms with Gasteiger partial charge in [-0.25, -0.2) is 4.79 Å². The Morgan fingerprint density at radius 3 is 2.75 bits per heavy atom. The molecule has 0 fully saturated rings. The van der Waals surface area contributed by atoms with Crippen molar-refractivity contribution in [2.24, 2.45) is 0 Å². The summed E-state index contributed by atoms with van der Waals surface area (Å²) >= 11 is 3.10. The second-order valence-corrected chi connectivity index (χ2v) is 3.90. The minimum atomic E-state index is -0.593. The van der Waals surface area contributed by atoms with Crippen molar-refractivity contribution in [1.82, 2.24) is 5.32 Å². The van der Waals surface area contributed by atoms with Crippen molar-refractivity contribution in [1.29, 1.82) is 0 Å². The number of carbonyl (C=O) groups is 1. The van der Waals surface area contributed by atoms with E-state index < -0.39 is 12.2 Å². The number of hydrogen-bond donors (Lipinski definition) is 2. The van der Waals surface area contributed by atoms with Crippen molar-refractivity contribution >= 4 is 22.0 Å². The van der Waals surface area contributed by atoms with E-state index in [4.69, 9.17) is 4.74 Å². The molecule has 0 heterocycles. The molecule has 1 atom stereocenters. The van der Waals surface area contributed by atoms with Crippen LogP contribution in [0.1, 0.15) is 5.56 Å². The van der Waals surface area contributed by atoms with Gasteiger partial charge in [0.25, 0.3) is 0 Å². The van der Waals surface area contributed by atoms with E-state index in [1.165, 1.54) is 0 Å². The molecule has 16 heavy (non-hydrogen) atoms. The van der Waals surface area contributed by atoms with E-state index in [2.05, 4.69) is 21.2 Å². The number of ether oxygens (including phenoxy) is 1. The average molecular weight is 288 g/mol. The molecule has 0 aliphatic rings. The van der Waals surface area contributed by atoms with Crippen molar-refractivity contribution in [3.63, 3.8) is 0 Å². The third kappa shape index (κ3) is 5.14. The second kappa shape index (κ2) is 7.24. The Bertz CT molecular complexity index is 318. The minimum absolute atomic E-state index is 0.179. The maximum atomic E-state index is 11.2. The summed E-state index contributed by atoms with van der Waals surface area (Å²) in [5.74, 6) is 0. The van der Waals surface area contributed by atoms with Gasteiger partial charge in [-0.3, -0.25) is 0 Å². The van der Waals surface area contributed by atoms with Crippen LogP contribution in [0.2, 0.25) is 0 Å². The lowest BCUT2D eigenvalue weighted by Gasteiger charge is -2.09. The molecule has 2 N–H and O–H groups in total. The van der Waals surface area contributed by atoms with Crippen LogP contribution in [0.15, 0.2) is 30.3 Å². The summed E-state index contributed by atoms with van der Waals surface area (Å²) in [5, 5.41) is 12.1. The molecular weight excluding hydrogens is 274 g/mol. The third-order valence-corrected chi connectivity index (χ3v) is 2.62. The zero-order valence-corrected chi connectivity index (χ0v) is 10.3. The molecule has 1 aromatic carbocycles. The highest BCUT2D eigenvalue weighted by molar-refractivity contribution is 9.09. The Balaban J connectivity index is 2.20. The molecule has 0 aliphatic carbocycles. The smallest absolute Gasteiger partial charge is 0.407 e. The molecule has 1 amide bonds. The number of aliphatic hydroxyl groups excluding tert-OH is 1. The van der Waals surface area contributed by atoms with Gasteiger partial charge in [0.05, 0.1) is 6.10 Å². The first-order valence-corrected chi connectivity index (χ1v) is 6.03. The largest absolute Gasteiger partial charge is 0.445 e. The number of aliphatic hydroxyl groups is 1. The highest BCUT2D eigenvalue weighted by Gasteiger charge is 2.06. The summed E-state index contributed by atoms with van der Waals surface area (Å²) in [4.78, 5) is 11.2. The summed E-state index contributed by atoms with van der Waals surface area (Å²) in [6.07, 6.45) is -1.12. The van der Waals surface area contributed by atoms with Crippen LogP contribution in [0.3, 0.4) is 0 Å². The third-order valence-electron chi connectivity index (χ3n) is 1.87. The van der Waals surface area contributed by atoms with E-state index in [0.29, 0.717) is 5.33 Å². The Labute approximate surface area is 103 Å². The topological polar surface area (TPSA) is 58.6 Å². The summed E-state index contributed by atoms with van der Waals surface area (Å²) < 4.78 is 4.95. The number of alkyl carbamates (subject to hydrolysis) is 1. The molecule has 0 spiro atoms. The van der Waals surface area contributed by atoms with E-state index in [-0.39, 0.29) is 13.2 Å². The molecule has 1 aromatic rings. The standard InChI is InChI=1S/C11H14BrNO3/c12-6-10(14)7-13-11(15)16-8-9-4-2-1-3-5-9/h1-5,10,14H,6-8H2,(H,13,15)/t10-/m0/s1. The predicted molar refractivity (Wildman–Crippen MR) is 64.4 cm³/mol. The van der Waals surface area contributed by atoms with E-state index in [1.807, 2.05) is 30.3 Å². The highest BCUT2D eigenvalue weighted by Crippen LogP contribution is 2.00. The molecule has 0 aliphatic heterocycles. The average Bonchev–Trinajstić information content (AvgIpc) is 2.34. The predicted octanol–water partition coefficient (Wildman–Crippen LogP) is 1.67. The molecule has 0 saturated carbocycles. The first-order chi connectivity index (χ1) is 7.72. The Morgan fingerprint density at radius 2 is 2.12 bits per heavy atom. The van der Waals surface area contributed by atoms with Crippen LogP contribution in [0, 0.1) is 0 Å². The lowest BCUT2D eigenvalue weighted by Crippen LogP contribution is -2.33. The molecule has 1 rings (SSSR count). The maximum Gasteiger partial charge on any atom is 0.407 e. The summed E-state index contributed by atoms with van der Waals surface area (Å²) in [6.45, 7) is 0.413. The zero-order valence-electron chi connectivity index (χ0n) is 8.73. The number of carbonyl (C=O) groups excluding carboxylic acids is 1. The molecule has 0 radical (unpaired) electrons. The van der Waals surface area contributed by atoms with Gasteiger partial charge in [-0.05, 0) is 5.56 Å². The number of nitrogens with one attached hydrogen (secondary N) is 1. The van der Waals surface area contributed by atoms with Gasteiger partial charge in [0.15, 0.2) is 0 Å². The molecule has 0 saturated heterocycles. The van der Waals surface area contributed by atoms with Gasteiger partial charge in [0, 0.05) is 11.9 Å². The SMILES string of the molecule is O=C(NC[C@@H](O)CBr)OCc1ccccc1. The lowest BCUT2D eigenvalue weighted by molar-refractivity contribution is 0.130. The molecular formula is C11H14BrNO3. The maximum absolute atomic E-state index is 11.2. The number of amides is 1. The quantitative estimate of drug-likeness (QED) is 0.810. The van der Waals surface area contributed by atoms with E-state index in [0.717, 1.165) is 5.56 Å². The molecule has 88 valence electrons. The molecule has 0 aromatic heterocycles. The second-order valence-electron chi connectivity index (χ2n) is 3.25. The fourth-order valence-corrected chi connectivity index (χ4v) is 1.26. The van der Waals surface area contributed by atoms with Crippen molar-refractivity contribution in [2.75, 3.05) is 11.9 Å². The number of hydrogen-bond acceptors (Lipinski definition) is 3. The Hall–Kier alpha value is -1.07.